The first-order chi connectivity index (χ1) is 7.08. The monoisotopic (exact) mass is 214 g/mol. The van der Waals surface area contributed by atoms with E-state index >= 15 is 0 Å². The summed E-state index contributed by atoms with van der Waals surface area (Å²) < 4.78 is 14.4. The van der Waals surface area contributed by atoms with Gasteiger partial charge in [0.25, 0.3) is 0 Å². The minimum atomic E-state index is -0.564. The van der Waals surface area contributed by atoms with Crippen LogP contribution in [-0.4, -0.2) is 37.4 Å². The molecule has 1 unspecified atom stereocenters. The second kappa shape index (κ2) is 5.50. The Kier molecular flexibility index (Phi) is 4.30. The first-order valence-electron chi connectivity index (χ1n) is 4.75. The zero-order chi connectivity index (χ0) is 11.3. The topological polar surface area (TPSA) is 65.1 Å². The summed E-state index contributed by atoms with van der Waals surface area (Å²) in [5.74, 6) is -1.11. The van der Waals surface area contributed by atoms with Crippen LogP contribution in [0.1, 0.15) is 13.8 Å². The SMILES string of the molecule is CC(C)OC(=O)C=CC(=O)OCC1CO1. The van der Waals surface area contributed by atoms with Gasteiger partial charge in [-0.15, -0.1) is 0 Å². The first-order valence-corrected chi connectivity index (χ1v) is 4.75. The van der Waals surface area contributed by atoms with Crippen molar-refractivity contribution in [2.24, 2.45) is 0 Å². The summed E-state index contributed by atoms with van der Waals surface area (Å²) in [5, 5.41) is 0. The van der Waals surface area contributed by atoms with E-state index in [1.807, 2.05) is 0 Å². The number of epoxide rings is 1. The second-order valence-corrected chi connectivity index (χ2v) is 3.40. The summed E-state index contributed by atoms with van der Waals surface area (Å²) in [6, 6.07) is 0. The van der Waals surface area contributed by atoms with Crippen molar-refractivity contribution in [3.63, 3.8) is 0 Å². The zero-order valence-corrected chi connectivity index (χ0v) is 8.76. The van der Waals surface area contributed by atoms with E-state index in [0.29, 0.717) is 6.61 Å². The average molecular weight is 214 g/mol. The minimum absolute atomic E-state index is 0.0324. The van der Waals surface area contributed by atoms with E-state index in [0.717, 1.165) is 12.2 Å². The van der Waals surface area contributed by atoms with Gasteiger partial charge < -0.3 is 14.2 Å². The Balaban J connectivity index is 2.16. The van der Waals surface area contributed by atoms with Crippen LogP contribution in [0, 0.1) is 0 Å². The lowest BCUT2D eigenvalue weighted by Gasteiger charge is -2.03. The van der Waals surface area contributed by atoms with Gasteiger partial charge >= 0.3 is 11.9 Å². The molecule has 84 valence electrons. The lowest BCUT2D eigenvalue weighted by atomic mass is 10.4. The summed E-state index contributed by atoms with van der Waals surface area (Å²) in [4.78, 5) is 22.0. The molecule has 15 heavy (non-hydrogen) atoms. The molecule has 0 N–H and O–H groups in total. The van der Waals surface area contributed by atoms with E-state index in [2.05, 4.69) is 0 Å². The number of carbonyl (C=O) groups excluding carboxylic acids is 2. The van der Waals surface area contributed by atoms with Gasteiger partial charge in [-0.3, -0.25) is 0 Å². The Morgan fingerprint density at radius 3 is 2.53 bits per heavy atom. The van der Waals surface area contributed by atoms with Crippen LogP contribution in [0.25, 0.3) is 0 Å². The standard InChI is InChI=1S/C10H14O5/c1-7(2)15-10(12)4-3-9(11)14-6-8-5-13-8/h3-4,7-8H,5-6H2,1-2H3. The molecule has 0 aromatic carbocycles. The van der Waals surface area contributed by atoms with Crippen LogP contribution in [0.15, 0.2) is 12.2 Å². The van der Waals surface area contributed by atoms with Gasteiger partial charge in [0.05, 0.1) is 12.7 Å². The van der Waals surface area contributed by atoms with Crippen molar-refractivity contribution in [2.75, 3.05) is 13.2 Å². The summed E-state index contributed by atoms with van der Waals surface area (Å²) in [6.45, 7) is 4.33. The van der Waals surface area contributed by atoms with Gasteiger partial charge in [0.15, 0.2) is 0 Å². The molecule has 0 radical (unpaired) electrons. The third-order valence-corrected chi connectivity index (χ3v) is 1.52. The smallest absolute Gasteiger partial charge is 0.331 e. The van der Waals surface area contributed by atoms with Gasteiger partial charge in [-0.05, 0) is 13.8 Å². The third-order valence-electron chi connectivity index (χ3n) is 1.52. The first kappa shape index (κ1) is 11.7. The normalized spacial score (nSPS) is 19.3. The highest BCUT2D eigenvalue weighted by atomic mass is 16.6. The highest BCUT2D eigenvalue weighted by molar-refractivity contribution is 5.91. The van der Waals surface area contributed by atoms with Crippen LogP contribution in [-0.2, 0) is 23.8 Å². The largest absolute Gasteiger partial charge is 0.460 e. The fourth-order valence-corrected chi connectivity index (χ4v) is 0.795. The molecule has 1 fully saturated rings. The predicted molar refractivity (Wildman–Crippen MR) is 51.1 cm³/mol. The van der Waals surface area contributed by atoms with Crippen LogP contribution < -0.4 is 0 Å². The molecule has 1 aliphatic heterocycles. The van der Waals surface area contributed by atoms with Gasteiger partial charge in [-0.1, -0.05) is 0 Å². The molecule has 0 aromatic rings. The van der Waals surface area contributed by atoms with Gasteiger partial charge in [-0.2, -0.15) is 0 Å². The maximum absolute atomic E-state index is 11.0. The third kappa shape index (κ3) is 5.85. The van der Waals surface area contributed by atoms with Crippen molar-refractivity contribution in [3.05, 3.63) is 12.2 Å². The molecule has 5 nitrogen and oxygen atoms in total. The van der Waals surface area contributed by atoms with E-state index in [4.69, 9.17) is 14.2 Å². The molecular formula is C10H14O5. The zero-order valence-electron chi connectivity index (χ0n) is 8.76. The Bertz CT molecular complexity index is 265. The fraction of sp³-hybridized carbons (Fsp3) is 0.600. The van der Waals surface area contributed by atoms with Crippen LogP contribution in [0.4, 0.5) is 0 Å². The summed E-state index contributed by atoms with van der Waals surface area (Å²) in [7, 11) is 0. The quantitative estimate of drug-likeness (QED) is 0.377. The van der Waals surface area contributed by atoms with Crippen molar-refractivity contribution >= 4 is 11.9 Å². The second-order valence-electron chi connectivity index (χ2n) is 3.40. The Hall–Kier alpha value is -1.36. The summed E-state index contributed by atoms with van der Waals surface area (Å²) in [5.41, 5.74) is 0. The van der Waals surface area contributed by atoms with Crippen molar-refractivity contribution in [1.29, 1.82) is 0 Å². The predicted octanol–water partition coefficient (Wildman–Crippen LogP) is 0.436. The molecule has 0 bridgehead atoms. The number of ether oxygens (including phenoxy) is 3. The molecule has 1 rings (SSSR count). The Labute approximate surface area is 88.0 Å². The van der Waals surface area contributed by atoms with E-state index in [9.17, 15) is 9.59 Å². The van der Waals surface area contributed by atoms with Crippen molar-refractivity contribution in [2.45, 2.75) is 26.1 Å². The molecule has 0 aromatic heterocycles. The number of hydrogen-bond acceptors (Lipinski definition) is 5. The van der Waals surface area contributed by atoms with E-state index in [1.165, 1.54) is 0 Å². The number of esters is 2. The van der Waals surface area contributed by atoms with Crippen LogP contribution in [0.2, 0.25) is 0 Å². The van der Waals surface area contributed by atoms with Crippen LogP contribution in [0.3, 0.4) is 0 Å². The average Bonchev–Trinajstić information content (AvgIpc) is 2.93. The van der Waals surface area contributed by atoms with E-state index in [-0.39, 0.29) is 18.8 Å². The lowest BCUT2D eigenvalue weighted by Crippen LogP contribution is -2.10. The molecule has 0 aliphatic carbocycles. The van der Waals surface area contributed by atoms with E-state index in [1.54, 1.807) is 13.8 Å². The maximum Gasteiger partial charge on any atom is 0.331 e. The summed E-state index contributed by atoms with van der Waals surface area (Å²) >= 11 is 0. The molecule has 1 aliphatic rings. The van der Waals surface area contributed by atoms with Crippen molar-refractivity contribution in [1.82, 2.24) is 0 Å². The molecule has 1 atom stereocenters. The molecule has 5 heteroatoms. The molecule has 0 saturated carbocycles. The summed E-state index contributed by atoms with van der Waals surface area (Å²) in [6.07, 6.45) is 1.94. The number of hydrogen-bond donors (Lipinski definition) is 0. The molecular weight excluding hydrogens is 200 g/mol. The highest BCUT2D eigenvalue weighted by Crippen LogP contribution is 2.08. The molecule has 0 spiro atoms. The van der Waals surface area contributed by atoms with Gasteiger partial charge in [-0.25, -0.2) is 9.59 Å². The minimum Gasteiger partial charge on any atom is -0.460 e. The van der Waals surface area contributed by atoms with Crippen LogP contribution >= 0.6 is 0 Å². The van der Waals surface area contributed by atoms with Crippen molar-refractivity contribution < 1.29 is 23.8 Å². The molecule has 0 amide bonds. The van der Waals surface area contributed by atoms with Gasteiger partial charge in [0.2, 0.25) is 0 Å². The van der Waals surface area contributed by atoms with Gasteiger partial charge in [0.1, 0.15) is 12.7 Å². The fourth-order valence-electron chi connectivity index (χ4n) is 0.795. The van der Waals surface area contributed by atoms with E-state index < -0.39 is 11.9 Å². The maximum atomic E-state index is 11.0. The van der Waals surface area contributed by atoms with Crippen LogP contribution in [0.5, 0.6) is 0 Å². The number of carbonyl (C=O) groups is 2. The Morgan fingerprint density at radius 1 is 1.40 bits per heavy atom. The highest BCUT2D eigenvalue weighted by Gasteiger charge is 2.23. The lowest BCUT2D eigenvalue weighted by molar-refractivity contribution is -0.143. The Morgan fingerprint density at radius 2 is 2.00 bits per heavy atom. The van der Waals surface area contributed by atoms with Gasteiger partial charge in [0, 0.05) is 12.2 Å². The molecule has 1 saturated heterocycles. The van der Waals surface area contributed by atoms with Crippen molar-refractivity contribution in [3.8, 4) is 0 Å². The molecule has 1 heterocycles. The number of rotatable bonds is 5.